The average molecular weight is 265 g/mol. The Hall–Kier alpha value is -1.95. The molecule has 94 valence electrons. The van der Waals surface area contributed by atoms with Crippen LogP contribution in [0.1, 0.15) is 5.56 Å². The summed E-state index contributed by atoms with van der Waals surface area (Å²) in [5.41, 5.74) is 0.735. The van der Waals surface area contributed by atoms with Crippen LogP contribution in [0.4, 0.5) is 4.79 Å². The number of carbonyl (C=O) groups is 2. The highest BCUT2D eigenvalue weighted by molar-refractivity contribution is 8.18. The standard InChI is InChI=1S/C12H11NO4S/c1-16-8-3-7(4-9(6-8)17-2)5-10-11(14)13-12(15)18-10/h3-6H,1-2H3,(H,13,14,15)/b10-5+. The number of benzene rings is 1. The van der Waals surface area contributed by atoms with E-state index in [1.54, 1.807) is 38.5 Å². The minimum atomic E-state index is -0.383. The van der Waals surface area contributed by atoms with Gasteiger partial charge in [-0.15, -0.1) is 0 Å². The summed E-state index contributed by atoms with van der Waals surface area (Å²) in [6.07, 6.45) is 1.62. The Balaban J connectivity index is 2.36. The second-order valence-corrected chi connectivity index (χ2v) is 4.51. The van der Waals surface area contributed by atoms with Crippen LogP contribution in [0.5, 0.6) is 11.5 Å². The van der Waals surface area contributed by atoms with E-state index < -0.39 is 0 Å². The molecule has 5 nitrogen and oxygen atoms in total. The number of rotatable bonds is 3. The van der Waals surface area contributed by atoms with Crippen molar-refractivity contribution in [2.24, 2.45) is 0 Å². The van der Waals surface area contributed by atoms with Gasteiger partial charge in [0.1, 0.15) is 11.5 Å². The molecule has 0 spiro atoms. The third-order valence-electron chi connectivity index (χ3n) is 2.31. The van der Waals surface area contributed by atoms with Crippen molar-refractivity contribution in [1.29, 1.82) is 0 Å². The van der Waals surface area contributed by atoms with Crippen LogP contribution in [0.3, 0.4) is 0 Å². The molecule has 1 aliphatic heterocycles. The first-order chi connectivity index (χ1) is 8.62. The van der Waals surface area contributed by atoms with Crippen molar-refractivity contribution in [1.82, 2.24) is 5.32 Å². The molecule has 2 rings (SSSR count). The van der Waals surface area contributed by atoms with Crippen LogP contribution >= 0.6 is 11.8 Å². The zero-order valence-electron chi connectivity index (χ0n) is 9.85. The molecule has 6 heteroatoms. The number of amides is 2. The molecule has 18 heavy (non-hydrogen) atoms. The number of carbonyl (C=O) groups excluding carboxylic acids is 2. The lowest BCUT2D eigenvalue weighted by Gasteiger charge is -2.06. The average Bonchev–Trinajstić information content (AvgIpc) is 2.67. The van der Waals surface area contributed by atoms with Gasteiger partial charge in [0.05, 0.1) is 19.1 Å². The molecule has 1 fully saturated rings. The Morgan fingerprint density at radius 2 is 1.72 bits per heavy atom. The lowest BCUT2D eigenvalue weighted by atomic mass is 10.2. The predicted octanol–water partition coefficient (Wildman–Crippen LogP) is 2.03. The van der Waals surface area contributed by atoms with Crippen molar-refractivity contribution < 1.29 is 19.1 Å². The Morgan fingerprint density at radius 3 is 2.17 bits per heavy atom. The largest absolute Gasteiger partial charge is 0.497 e. The summed E-state index contributed by atoms with van der Waals surface area (Å²) in [4.78, 5) is 22.8. The fourth-order valence-corrected chi connectivity index (χ4v) is 2.17. The lowest BCUT2D eigenvalue weighted by Crippen LogP contribution is -2.17. The predicted molar refractivity (Wildman–Crippen MR) is 68.7 cm³/mol. The van der Waals surface area contributed by atoms with Crippen molar-refractivity contribution in [3.63, 3.8) is 0 Å². The molecular weight excluding hydrogens is 254 g/mol. The van der Waals surface area contributed by atoms with Crippen LogP contribution in [0.25, 0.3) is 6.08 Å². The summed E-state index contributed by atoms with van der Waals surface area (Å²) in [6.45, 7) is 0. The Bertz CT molecular complexity index is 517. The SMILES string of the molecule is COc1cc(/C=C2/SC(=O)NC2=O)cc(OC)c1. The number of hydrogen-bond acceptors (Lipinski definition) is 5. The molecule has 1 saturated heterocycles. The highest BCUT2D eigenvalue weighted by atomic mass is 32.2. The first-order valence-electron chi connectivity index (χ1n) is 5.10. The van der Waals surface area contributed by atoms with E-state index in [0.717, 1.165) is 17.3 Å². The third kappa shape index (κ3) is 2.65. The Morgan fingerprint density at radius 1 is 1.11 bits per heavy atom. The van der Waals surface area contributed by atoms with Gasteiger partial charge < -0.3 is 9.47 Å². The third-order valence-corrected chi connectivity index (χ3v) is 3.12. The van der Waals surface area contributed by atoms with Gasteiger partial charge in [-0.25, -0.2) is 0 Å². The van der Waals surface area contributed by atoms with Gasteiger partial charge in [-0.3, -0.25) is 14.9 Å². The van der Waals surface area contributed by atoms with Crippen molar-refractivity contribution in [2.75, 3.05) is 14.2 Å². The van der Waals surface area contributed by atoms with Crippen LogP contribution in [0, 0.1) is 0 Å². The molecule has 1 aliphatic rings. The van der Waals surface area contributed by atoms with Crippen molar-refractivity contribution in [3.8, 4) is 11.5 Å². The van der Waals surface area contributed by atoms with E-state index in [1.165, 1.54) is 0 Å². The van der Waals surface area contributed by atoms with Gasteiger partial charge in [0.2, 0.25) is 0 Å². The van der Waals surface area contributed by atoms with Gasteiger partial charge in [-0.1, -0.05) is 0 Å². The second-order valence-electron chi connectivity index (χ2n) is 3.50. The number of hydrogen-bond donors (Lipinski definition) is 1. The van der Waals surface area contributed by atoms with E-state index in [9.17, 15) is 9.59 Å². The van der Waals surface area contributed by atoms with Gasteiger partial charge in [-0.05, 0) is 35.5 Å². The fourth-order valence-electron chi connectivity index (χ4n) is 1.49. The molecule has 1 N–H and O–H groups in total. The van der Waals surface area contributed by atoms with Crippen molar-refractivity contribution >= 4 is 29.0 Å². The maximum absolute atomic E-state index is 11.4. The van der Waals surface area contributed by atoms with Gasteiger partial charge in [0.15, 0.2) is 0 Å². The van der Waals surface area contributed by atoms with E-state index in [2.05, 4.69) is 5.32 Å². The minimum Gasteiger partial charge on any atom is -0.497 e. The van der Waals surface area contributed by atoms with E-state index in [0.29, 0.717) is 16.4 Å². The molecule has 0 bridgehead atoms. The van der Waals surface area contributed by atoms with Crippen LogP contribution in [-0.2, 0) is 4.79 Å². The second kappa shape index (κ2) is 5.14. The number of imide groups is 1. The molecule has 0 atom stereocenters. The number of methoxy groups -OCH3 is 2. The Labute approximate surface area is 108 Å². The first kappa shape index (κ1) is 12.5. The molecule has 1 heterocycles. The summed E-state index contributed by atoms with van der Waals surface area (Å²) >= 11 is 0.875. The van der Waals surface area contributed by atoms with E-state index in [-0.39, 0.29) is 11.1 Å². The fraction of sp³-hybridized carbons (Fsp3) is 0.167. The number of thioether (sulfide) groups is 1. The monoisotopic (exact) mass is 265 g/mol. The number of nitrogens with one attached hydrogen (secondary N) is 1. The zero-order valence-corrected chi connectivity index (χ0v) is 10.7. The topological polar surface area (TPSA) is 64.6 Å². The molecule has 0 unspecified atom stereocenters. The van der Waals surface area contributed by atoms with Crippen molar-refractivity contribution in [3.05, 3.63) is 28.7 Å². The van der Waals surface area contributed by atoms with Crippen molar-refractivity contribution in [2.45, 2.75) is 0 Å². The summed E-state index contributed by atoms with van der Waals surface area (Å²) < 4.78 is 10.3. The van der Waals surface area contributed by atoms with E-state index in [1.807, 2.05) is 0 Å². The summed E-state index contributed by atoms with van der Waals surface area (Å²) in [5.74, 6) is 0.860. The van der Waals surface area contributed by atoms with Gasteiger partial charge >= 0.3 is 0 Å². The molecule has 1 aromatic rings. The molecule has 2 amide bonds. The molecule has 0 radical (unpaired) electrons. The lowest BCUT2D eigenvalue weighted by molar-refractivity contribution is -0.115. The first-order valence-corrected chi connectivity index (χ1v) is 5.92. The van der Waals surface area contributed by atoms with E-state index in [4.69, 9.17) is 9.47 Å². The minimum absolute atomic E-state index is 0.357. The van der Waals surface area contributed by atoms with Crippen LogP contribution in [-0.4, -0.2) is 25.4 Å². The summed E-state index contributed by atoms with van der Waals surface area (Å²) in [6, 6.07) is 5.24. The maximum Gasteiger partial charge on any atom is 0.290 e. The molecular formula is C12H11NO4S. The molecule has 1 aromatic carbocycles. The van der Waals surface area contributed by atoms with Crippen LogP contribution in [0.2, 0.25) is 0 Å². The molecule has 0 aromatic heterocycles. The summed E-state index contributed by atoms with van der Waals surface area (Å²) in [7, 11) is 3.10. The summed E-state index contributed by atoms with van der Waals surface area (Å²) in [5, 5.41) is 1.84. The van der Waals surface area contributed by atoms with Gasteiger partial charge in [0.25, 0.3) is 11.1 Å². The quantitative estimate of drug-likeness (QED) is 0.847. The molecule has 0 saturated carbocycles. The normalized spacial score (nSPS) is 16.9. The highest BCUT2D eigenvalue weighted by Gasteiger charge is 2.24. The van der Waals surface area contributed by atoms with Crippen LogP contribution < -0.4 is 14.8 Å². The maximum atomic E-state index is 11.4. The van der Waals surface area contributed by atoms with Gasteiger partial charge in [0, 0.05) is 6.07 Å². The smallest absolute Gasteiger partial charge is 0.290 e. The molecule has 0 aliphatic carbocycles. The van der Waals surface area contributed by atoms with E-state index >= 15 is 0 Å². The Kier molecular flexibility index (Phi) is 3.57. The van der Waals surface area contributed by atoms with Gasteiger partial charge in [-0.2, -0.15) is 0 Å². The number of ether oxygens (including phenoxy) is 2. The zero-order chi connectivity index (χ0) is 13.1. The highest BCUT2D eigenvalue weighted by Crippen LogP contribution is 2.29. The van der Waals surface area contributed by atoms with Crippen LogP contribution in [0.15, 0.2) is 23.1 Å².